The van der Waals surface area contributed by atoms with Crippen LogP contribution >= 0.6 is 0 Å². The standard InChI is InChI=1S/C21H25FO6/c1-27-20-18(25)16(23)17(24)19(28-20)21(26,14-7-9-15(22)10-8-14)12-11-13-5-3-2-4-6-13/h2-10,16-20,23-26H,11-12H2,1H3/t16-,17-,18+,19-,20-,21-/m0/s1. The normalized spacial score (nSPS) is 30.0. The van der Waals surface area contributed by atoms with Crippen LogP contribution in [-0.2, 0) is 21.5 Å². The topological polar surface area (TPSA) is 99.4 Å². The number of hydrogen-bond donors (Lipinski definition) is 4. The summed E-state index contributed by atoms with van der Waals surface area (Å²) in [6, 6.07) is 14.7. The molecule has 152 valence electrons. The number of aliphatic hydroxyl groups excluding tert-OH is 3. The molecule has 0 unspecified atom stereocenters. The van der Waals surface area contributed by atoms with Gasteiger partial charge in [-0.15, -0.1) is 0 Å². The van der Waals surface area contributed by atoms with Crippen molar-refractivity contribution in [3.05, 3.63) is 71.5 Å². The van der Waals surface area contributed by atoms with Crippen molar-refractivity contribution in [3.63, 3.8) is 0 Å². The van der Waals surface area contributed by atoms with E-state index in [1.807, 2.05) is 30.3 Å². The van der Waals surface area contributed by atoms with Crippen molar-refractivity contribution >= 4 is 0 Å². The summed E-state index contributed by atoms with van der Waals surface area (Å²) >= 11 is 0. The van der Waals surface area contributed by atoms with Crippen LogP contribution in [0.1, 0.15) is 17.5 Å². The summed E-state index contributed by atoms with van der Waals surface area (Å²) in [5.74, 6) is -0.468. The molecular weight excluding hydrogens is 367 g/mol. The number of halogens is 1. The lowest BCUT2D eigenvalue weighted by molar-refractivity contribution is -0.322. The van der Waals surface area contributed by atoms with E-state index in [1.165, 1.54) is 31.4 Å². The van der Waals surface area contributed by atoms with E-state index >= 15 is 0 Å². The largest absolute Gasteiger partial charge is 0.387 e. The molecule has 1 fully saturated rings. The third kappa shape index (κ3) is 4.10. The lowest BCUT2D eigenvalue weighted by Gasteiger charge is -2.47. The first-order valence-corrected chi connectivity index (χ1v) is 9.11. The number of hydrogen-bond acceptors (Lipinski definition) is 6. The molecule has 1 heterocycles. The monoisotopic (exact) mass is 392 g/mol. The molecule has 2 aromatic rings. The van der Waals surface area contributed by atoms with E-state index < -0.39 is 42.1 Å². The molecular formula is C21H25FO6. The Morgan fingerprint density at radius 3 is 2.21 bits per heavy atom. The Morgan fingerprint density at radius 1 is 0.964 bits per heavy atom. The average Bonchev–Trinajstić information content (AvgIpc) is 2.72. The highest BCUT2D eigenvalue weighted by atomic mass is 19.1. The first-order valence-electron chi connectivity index (χ1n) is 9.11. The van der Waals surface area contributed by atoms with Crippen molar-refractivity contribution in [2.75, 3.05) is 7.11 Å². The van der Waals surface area contributed by atoms with Gasteiger partial charge in [-0.1, -0.05) is 42.5 Å². The Hall–Kier alpha value is -1.87. The molecule has 1 aliphatic heterocycles. The second-order valence-corrected chi connectivity index (χ2v) is 7.05. The van der Waals surface area contributed by atoms with Crippen molar-refractivity contribution in [1.29, 1.82) is 0 Å². The zero-order valence-electron chi connectivity index (χ0n) is 15.5. The van der Waals surface area contributed by atoms with Crippen molar-refractivity contribution in [1.82, 2.24) is 0 Å². The molecule has 6 atom stereocenters. The zero-order valence-corrected chi connectivity index (χ0v) is 15.5. The van der Waals surface area contributed by atoms with Gasteiger partial charge in [0.15, 0.2) is 6.29 Å². The fraction of sp³-hybridized carbons (Fsp3) is 0.429. The Kier molecular flexibility index (Phi) is 6.44. The number of aryl methyl sites for hydroxylation is 1. The average molecular weight is 392 g/mol. The molecule has 2 aromatic carbocycles. The van der Waals surface area contributed by atoms with Crippen molar-refractivity contribution in [3.8, 4) is 0 Å². The Labute approximate surface area is 162 Å². The van der Waals surface area contributed by atoms with Crippen LogP contribution in [0.15, 0.2) is 54.6 Å². The highest BCUT2D eigenvalue weighted by Gasteiger charge is 2.53. The Balaban J connectivity index is 1.96. The quantitative estimate of drug-likeness (QED) is 0.588. The Morgan fingerprint density at radius 2 is 1.61 bits per heavy atom. The van der Waals surface area contributed by atoms with Gasteiger partial charge in [0.25, 0.3) is 0 Å². The molecule has 0 radical (unpaired) electrons. The second-order valence-electron chi connectivity index (χ2n) is 7.05. The third-order valence-corrected chi connectivity index (χ3v) is 5.25. The van der Waals surface area contributed by atoms with E-state index in [-0.39, 0.29) is 6.42 Å². The summed E-state index contributed by atoms with van der Waals surface area (Å²) in [7, 11) is 1.29. The summed E-state index contributed by atoms with van der Waals surface area (Å²) in [5, 5.41) is 42.4. The summed E-state index contributed by atoms with van der Waals surface area (Å²) in [5.41, 5.74) is -0.481. The molecule has 0 saturated carbocycles. The van der Waals surface area contributed by atoms with Crippen molar-refractivity contribution in [2.24, 2.45) is 0 Å². The third-order valence-electron chi connectivity index (χ3n) is 5.25. The van der Waals surface area contributed by atoms with E-state index in [2.05, 4.69) is 0 Å². The fourth-order valence-electron chi connectivity index (χ4n) is 3.61. The minimum atomic E-state index is -1.76. The number of benzene rings is 2. The number of ether oxygens (including phenoxy) is 2. The summed E-state index contributed by atoms with van der Waals surface area (Å²) in [6.07, 6.45) is -6.58. The first kappa shape index (κ1) is 20.9. The van der Waals surface area contributed by atoms with E-state index in [1.54, 1.807) is 0 Å². The molecule has 1 saturated heterocycles. The molecule has 0 bridgehead atoms. The van der Waals surface area contributed by atoms with Gasteiger partial charge in [-0.3, -0.25) is 0 Å². The van der Waals surface area contributed by atoms with Crippen LogP contribution in [0.2, 0.25) is 0 Å². The van der Waals surface area contributed by atoms with E-state index in [9.17, 15) is 24.8 Å². The van der Waals surface area contributed by atoms with Gasteiger partial charge in [0.1, 0.15) is 35.8 Å². The van der Waals surface area contributed by atoms with Gasteiger partial charge in [0.05, 0.1) is 0 Å². The van der Waals surface area contributed by atoms with Crippen LogP contribution < -0.4 is 0 Å². The Bertz CT molecular complexity index is 753. The highest BCUT2D eigenvalue weighted by molar-refractivity contribution is 5.27. The molecule has 4 N–H and O–H groups in total. The minimum Gasteiger partial charge on any atom is -0.387 e. The maximum absolute atomic E-state index is 13.4. The summed E-state index contributed by atoms with van der Waals surface area (Å²) < 4.78 is 24.1. The lowest BCUT2D eigenvalue weighted by Crippen LogP contribution is -2.63. The van der Waals surface area contributed by atoms with Gasteiger partial charge in [-0.25, -0.2) is 4.39 Å². The molecule has 0 aliphatic carbocycles. The molecule has 0 spiro atoms. The predicted octanol–water partition coefficient (Wildman–Crippen LogP) is 1.10. The SMILES string of the molecule is CO[C@H]1O[C@H]([C@](O)(CCc2ccccc2)c2ccc(F)cc2)[C@@H](O)[C@H](O)[C@H]1O. The van der Waals surface area contributed by atoms with Crippen LogP contribution in [0.25, 0.3) is 0 Å². The first-order chi connectivity index (χ1) is 13.4. The molecule has 0 amide bonds. The molecule has 28 heavy (non-hydrogen) atoms. The van der Waals surface area contributed by atoms with Crippen LogP contribution in [0, 0.1) is 5.82 Å². The van der Waals surface area contributed by atoms with Gasteiger partial charge in [-0.2, -0.15) is 0 Å². The number of aliphatic hydroxyl groups is 4. The van der Waals surface area contributed by atoms with E-state index in [0.29, 0.717) is 12.0 Å². The van der Waals surface area contributed by atoms with Gasteiger partial charge >= 0.3 is 0 Å². The van der Waals surface area contributed by atoms with E-state index in [0.717, 1.165) is 5.56 Å². The molecule has 7 heteroatoms. The maximum atomic E-state index is 13.4. The minimum absolute atomic E-state index is 0.129. The molecule has 6 nitrogen and oxygen atoms in total. The van der Waals surface area contributed by atoms with Gasteiger partial charge in [-0.05, 0) is 36.1 Å². The number of methoxy groups -OCH3 is 1. The van der Waals surface area contributed by atoms with Crippen molar-refractivity contribution in [2.45, 2.75) is 49.1 Å². The lowest BCUT2D eigenvalue weighted by atomic mass is 9.78. The fourth-order valence-corrected chi connectivity index (χ4v) is 3.61. The van der Waals surface area contributed by atoms with Crippen LogP contribution in [-0.4, -0.2) is 58.2 Å². The van der Waals surface area contributed by atoms with Gasteiger partial charge < -0.3 is 29.9 Å². The molecule has 1 aliphatic rings. The van der Waals surface area contributed by atoms with Crippen molar-refractivity contribution < 1.29 is 34.3 Å². The van der Waals surface area contributed by atoms with Gasteiger partial charge in [0.2, 0.25) is 0 Å². The van der Waals surface area contributed by atoms with Crippen LogP contribution in [0.3, 0.4) is 0 Å². The summed E-state index contributed by atoms with van der Waals surface area (Å²) in [4.78, 5) is 0. The van der Waals surface area contributed by atoms with Crippen LogP contribution in [0.4, 0.5) is 4.39 Å². The van der Waals surface area contributed by atoms with Gasteiger partial charge in [0, 0.05) is 7.11 Å². The smallest absolute Gasteiger partial charge is 0.186 e. The molecule has 0 aromatic heterocycles. The predicted molar refractivity (Wildman–Crippen MR) is 98.8 cm³/mol. The number of rotatable bonds is 6. The highest BCUT2D eigenvalue weighted by Crippen LogP contribution is 2.38. The van der Waals surface area contributed by atoms with Crippen LogP contribution in [0.5, 0.6) is 0 Å². The summed E-state index contributed by atoms with van der Waals surface area (Å²) in [6.45, 7) is 0. The molecule has 3 rings (SSSR count). The maximum Gasteiger partial charge on any atom is 0.186 e. The second kappa shape index (κ2) is 8.65. The van der Waals surface area contributed by atoms with E-state index in [4.69, 9.17) is 9.47 Å². The zero-order chi connectivity index (χ0) is 20.3.